The second kappa shape index (κ2) is 9.96. The fraction of sp³-hybridized carbons (Fsp3) is 0.391. The molecule has 0 aliphatic carbocycles. The number of benzene rings is 1. The topological polar surface area (TPSA) is 68.0 Å². The third-order valence-electron chi connectivity index (χ3n) is 4.72. The number of aromatic nitrogens is 4. The van der Waals surface area contributed by atoms with Gasteiger partial charge in [-0.15, -0.1) is 0 Å². The van der Waals surface area contributed by atoms with Crippen LogP contribution in [-0.4, -0.2) is 26.0 Å². The van der Waals surface area contributed by atoms with Crippen molar-refractivity contribution in [2.75, 3.05) is 5.43 Å². The number of hydrogen-bond donors (Lipinski definition) is 1. The molecular weight excluding hydrogens is 360 g/mol. The monoisotopic (exact) mass is 390 g/mol. The van der Waals surface area contributed by atoms with Gasteiger partial charge in [0.05, 0.1) is 17.6 Å². The Morgan fingerprint density at radius 2 is 1.79 bits per heavy atom. The fourth-order valence-electron chi connectivity index (χ4n) is 3.46. The molecule has 0 atom stereocenters. The first kappa shape index (κ1) is 20.7. The molecule has 0 spiro atoms. The molecule has 0 fully saturated rings. The van der Waals surface area contributed by atoms with Gasteiger partial charge in [0.25, 0.3) is 5.95 Å². The molecule has 6 nitrogen and oxygen atoms in total. The lowest BCUT2D eigenvalue weighted by Crippen LogP contribution is -2.10. The van der Waals surface area contributed by atoms with Gasteiger partial charge in [-0.25, -0.2) is 9.67 Å². The van der Waals surface area contributed by atoms with Crippen LogP contribution in [0.25, 0.3) is 5.95 Å². The van der Waals surface area contributed by atoms with Crippen molar-refractivity contribution < 1.29 is 0 Å². The minimum absolute atomic E-state index is 0.600. The van der Waals surface area contributed by atoms with E-state index in [1.54, 1.807) is 6.21 Å². The Hall–Kier alpha value is -3.02. The highest BCUT2D eigenvalue weighted by Gasteiger charge is 2.18. The molecule has 152 valence electrons. The summed E-state index contributed by atoms with van der Waals surface area (Å²) in [5.41, 5.74) is 8.67. The first-order chi connectivity index (χ1) is 14.2. The van der Waals surface area contributed by atoms with E-state index in [2.05, 4.69) is 36.3 Å². The van der Waals surface area contributed by atoms with Crippen molar-refractivity contribution in [1.82, 2.24) is 19.7 Å². The van der Waals surface area contributed by atoms with Crippen LogP contribution in [0, 0.1) is 6.92 Å². The van der Waals surface area contributed by atoms with E-state index in [1.165, 1.54) is 17.0 Å². The number of anilines is 1. The molecule has 6 heteroatoms. The van der Waals surface area contributed by atoms with Crippen molar-refractivity contribution in [3.8, 4) is 5.95 Å². The zero-order valence-corrected chi connectivity index (χ0v) is 17.8. The summed E-state index contributed by atoms with van der Waals surface area (Å²) in [6.07, 6.45) is 6.83. The van der Waals surface area contributed by atoms with Crippen LogP contribution in [0.2, 0.25) is 0 Å². The molecule has 1 N–H and O–H groups in total. The molecule has 0 bridgehead atoms. The Morgan fingerprint density at radius 3 is 2.48 bits per heavy atom. The van der Waals surface area contributed by atoms with Crippen molar-refractivity contribution in [2.24, 2.45) is 5.10 Å². The second-order valence-electron chi connectivity index (χ2n) is 7.11. The molecule has 0 aliphatic heterocycles. The van der Waals surface area contributed by atoms with Crippen LogP contribution in [-0.2, 0) is 19.3 Å². The third-order valence-corrected chi connectivity index (χ3v) is 4.72. The number of hydrazone groups is 1. The smallest absolute Gasteiger partial charge is 0.253 e. The van der Waals surface area contributed by atoms with Crippen LogP contribution in [0.5, 0.6) is 0 Å². The summed E-state index contributed by atoms with van der Waals surface area (Å²) in [4.78, 5) is 9.35. The van der Waals surface area contributed by atoms with E-state index in [0.29, 0.717) is 11.8 Å². The van der Waals surface area contributed by atoms with Crippen LogP contribution in [0.1, 0.15) is 61.8 Å². The van der Waals surface area contributed by atoms with Crippen LogP contribution >= 0.6 is 0 Å². The second-order valence-corrected chi connectivity index (χ2v) is 7.11. The maximum Gasteiger partial charge on any atom is 0.253 e. The molecule has 0 aliphatic rings. The summed E-state index contributed by atoms with van der Waals surface area (Å²) in [5, 5.41) is 9.22. The molecular formula is C23H30N6. The molecule has 1 aromatic carbocycles. The average molecular weight is 391 g/mol. The maximum atomic E-state index is 4.90. The first-order valence-corrected chi connectivity index (χ1v) is 10.5. The van der Waals surface area contributed by atoms with E-state index in [1.807, 2.05) is 48.0 Å². The molecule has 3 rings (SSSR count). The van der Waals surface area contributed by atoms with E-state index in [4.69, 9.17) is 10.1 Å². The lowest BCUT2D eigenvalue weighted by Gasteiger charge is -2.09. The highest BCUT2D eigenvalue weighted by molar-refractivity contribution is 5.79. The minimum Gasteiger partial charge on any atom is -0.261 e. The lowest BCUT2D eigenvalue weighted by atomic mass is 10.0. The van der Waals surface area contributed by atoms with Crippen LogP contribution in [0.15, 0.2) is 41.5 Å². The van der Waals surface area contributed by atoms with Crippen molar-refractivity contribution in [1.29, 1.82) is 0 Å². The summed E-state index contributed by atoms with van der Waals surface area (Å²) in [6, 6.07) is 11.9. The molecule has 2 heterocycles. The number of nitrogens with zero attached hydrogens (tertiary/aromatic N) is 5. The van der Waals surface area contributed by atoms with E-state index in [-0.39, 0.29) is 0 Å². The minimum atomic E-state index is 0.600. The van der Waals surface area contributed by atoms with Crippen LogP contribution < -0.4 is 5.43 Å². The van der Waals surface area contributed by atoms with Crippen molar-refractivity contribution in [2.45, 2.75) is 59.8 Å². The fourth-order valence-corrected chi connectivity index (χ4v) is 3.46. The Morgan fingerprint density at radius 1 is 1.03 bits per heavy atom. The van der Waals surface area contributed by atoms with Gasteiger partial charge in [0.15, 0.2) is 5.82 Å². The largest absolute Gasteiger partial charge is 0.261 e. The average Bonchev–Trinajstić information content (AvgIpc) is 3.06. The third kappa shape index (κ3) is 5.08. The zero-order chi connectivity index (χ0) is 20.6. The standard InChI is InChI=1S/C23H30N6/c1-5-11-20-19(7-3)21(12-6-2)29(28-20)23-25-17(4)15-22(26-23)27-24-16-18-13-9-8-10-14-18/h8-10,13-16H,5-7,11-12H2,1-4H3,(H,25,26,27). The van der Waals surface area contributed by atoms with Gasteiger partial charge >= 0.3 is 0 Å². The van der Waals surface area contributed by atoms with E-state index >= 15 is 0 Å². The van der Waals surface area contributed by atoms with Gasteiger partial charge in [0.2, 0.25) is 0 Å². The highest BCUT2D eigenvalue weighted by atomic mass is 15.4. The summed E-state index contributed by atoms with van der Waals surface area (Å²) < 4.78 is 1.94. The van der Waals surface area contributed by atoms with Gasteiger partial charge in [-0.05, 0) is 37.3 Å². The maximum absolute atomic E-state index is 4.90. The molecule has 0 saturated carbocycles. The number of rotatable bonds is 9. The predicted octanol–water partition coefficient (Wildman–Crippen LogP) is 4.88. The number of aryl methyl sites for hydroxylation is 2. The molecule has 0 unspecified atom stereocenters. The molecule has 29 heavy (non-hydrogen) atoms. The molecule has 3 aromatic rings. The Bertz CT molecular complexity index is 959. The van der Waals surface area contributed by atoms with Gasteiger partial charge < -0.3 is 0 Å². The highest BCUT2D eigenvalue weighted by Crippen LogP contribution is 2.22. The van der Waals surface area contributed by atoms with Crippen LogP contribution in [0.3, 0.4) is 0 Å². The van der Waals surface area contributed by atoms with Crippen molar-refractivity contribution in [3.05, 3.63) is 64.6 Å². The first-order valence-electron chi connectivity index (χ1n) is 10.5. The van der Waals surface area contributed by atoms with Gasteiger partial charge in [-0.2, -0.15) is 15.2 Å². The van der Waals surface area contributed by atoms with Gasteiger partial charge in [0, 0.05) is 11.8 Å². The van der Waals surface area contributed by atoms with E-state index < -0.39 is 0 Å². The SMILES string of the molecule is CCCc1nn(-c2nc(C)cc(NN=Cc3ccccc3)n2)c(CCC)c1CC. The predicted molar refractivity (Wildman–Crippen MR) is 119 cm³/mol. The van der Waals surface area contributed by atoms with E-state index in [0.717, 1.165) is 43.4 Å². The summed E-state index contributed by atoms with van der Waals surface area (Å²) in [5.74, 6) is 1.26. The van der Waals surface area contributed by atoms with E-state index in [9.17, 15) is 0 Å². The van der Waals surface area contributed by atoms with Gasteiger partial charge in [-0.3, -0.25) is 5.43 Å². The van der Waals surface area contributed by atoms with Crippen LogP contribution in [0.4, 0.5) is 5.82 Å². The Kier molecular flexibility index (Phi) is 7.11. The molecule has 0 radical (unpaired) electrons. The number of nitrogens with one attached hydrogen (secondary N) is 1. The molecule has 2 aromatic heterocycles. The van der Waals surface area contributed by atoms with Gasteiger partial charge in [0.1, 0.15) is 0 Å². The summed E-state index contributed by atoms with van der Waals surface area (Å²) in [7, 11) is 0. The van der Waals surface area contributed by atoms with Gasteiger partial charge in [-0.1, -0.05) is 63.9 Å². The molecule has 0 amide bonds. The Labute approximate surface area is 173 Å². The number of hydrogen-bond acceptors (Lipinski definition) is 5. The zero-order valence-electron chi connectivity index (χ0n) is 17.8. The summed E-state index contributed by atoms with van der Waals surface area (Å²) in [6.45, 7) is 8.54. The lowest BCUT2D eigenvalue weighted by molar-refractivity contribution is 0.716. The normalized spacial score (nSPS) is 11.3. The quantitative estimate of drug-likeness (QED) is 0.417. The molecule has 0 saturated heterocycles. The Balaban J connectivity index is 1.94. The van der Waals surface area contributed by atoms with Crippen molar-refractivity contribution >= 4 is 12.0 Å². The summed E-state index contributed by atoms with van der Waals surface area (Å²) >= 11 is 0. The van der Waals surface area contributed by atoms with Crippen molar-refractivity contribution in [3.63, 3.8) is 0 Å².